The number of halogens is 2. The van der Waals surface area contributed by atoms with Gasteiger partial charge in [0.1, 0.15) is 11.6 Å². The van der Waals surface area contributed by atoms with E-state index in [-0.39, 0.29) is 30.6 Å². The van der Waals surface area contributed by atoms with Gasteiger partial charge in [-0.3, -0.25) is 9.59 Å². The molecule has 2 amide bonds. The van der Waals surface area contributed by atoms with Gasteiger partial charge in [-0.25, -0.2) is 9.37 Å². The van der Waals surface area contributed by atoms with Gasteiger partial charge in [-0.2, -0.15) is 0 Å². The highest BCUT2D eigenvalue weighted by molar-refractivity contribution is 6.30. The smallest absolute Gasteiger partial charge is 0.230 e. The standard InChI is InChI=1S/C16H13ClFN3O2/c17-11-1-6-14(19-8-11)20-16(23)10-7-15(22)21(9-10)13-4-2-12(18)3-5-13/h1-6,8,10H,7,9H2,(H,19,20,23)/t10-/m1/s1. The van der Waals surface area contributed by atoms with Crippen LogP contribution in [-0.4, -0.2) is 23.3 Å². The highest BCUT2D eigenvalue weighted by atomic mass is 35.5. The van der Waals surface area contributed by atoms with Crippen molar-refractivity contribution in [3.63, 3.8) is 0 Å². The molecule has 23 heavy (non-hydrogen) atoms. The Morgan fingerprint density at radius 2 is 2.00 bits per heavy atom. The highest BCUT2D eigenvalue weighted by Crippen LogP contribution is 2.26. The molecule has 0 radical (unpaired) electrons. The molecule has 1 fully saturated rings. The first-order valence-electron chi connectivity index (χ1n) is 7.01. The van der Waals surface area contributed by atoms with Crippen LogP contribution in [0, 0.1) is 11.7 Å². The molecule has 0 unspecified atom stereocenters. The third-order valence-electron chi connectivity index (χ3n) is 3.61. The Morgan fingerprint density at radius 1 is 1.26 bits per heavy atom. The Labute approximate surface area is 137 Å². The Balaban J connectivity index is 1.68. The van der Waals surface area contributed by atoms with E-state index in [2.05, 4.69) is 10.3 Å². The third kappa shape index (κ3) is 3.48. The maximum atomic E-state index is 13.0. The van der Waals surface area contributed by atoms with Crippen LogP contribution in [0.25, 0.3) is 0 Å². The number of aromatic nitrogens is 1. The van der Waals surface area contributed by atoms with Gasteiger partial charge in [0.2, 0.25) is 11.8 Å². The first-order valence-corrected chi connectivity index (χ1v) is 7.39. The van der Waals surface area contributed by atoms with E-state index in [1.807, 2.05) is 0 Å². The van der Waals surface area contributed by atoms with Gasteiger partial charge < -0.3 is 10.2 Å². The van der Waals surface area contributed by atoms with Crippen LogP contribution in [0.15, 0.2) is 42.6 Å². The number of anilines is 2. The fourth-order valence-corrected chi connectivity index (χ4v) is 2.54. The molecule has 1 aromatic heterocycles. The minimum absolute atomic E-state index is 0.108. The average molecular weight is 334 g/mol. The topological polar surface area (TPSA) is 62.3 Å². The number of carbonyl (C=O) groups excluding carboxylic acids is 2. The summed E-state index contributed by atoms with van der Waals surface area (Å²) in [6.45, 7) is 0.254. The lowest BCUT2D eigenvalue weighted by atomic mass is 10.1. The average Bonchev–Trinajstić information content (AvgIpc) is 2.92. The lowest BCUT2D eigenvalue weighted by Crippen LogP contribution is -2.28. The second kappa shape index (κ2) is 6.34. The summed E-state index contributed by atoms with van der Waals surface area (Å²) in [5.74, 6) is -0.917. The summed E-state index contributed by atoms with van der Waals surface area (Å²) in [5.41, 5.74) is 0.580. The van der Waals surface area contributed by atoms with Crippen molar-refractivity contribution in [3.05, 3.63) is 53.4 Å². The molecule has 118 valence electrons. The van der Waals surface area contributed by atoms with E-state index < -0.39 is 5.92 Å². The number of amides is 2. The minimum Gasteiger partial charge on any atom is -0.312 e. The molecule has 0 saturated carbocycles. The number of nitrogens with one attached hydrogen (secondary N) is 1. The van der Waals surface area contributed by atoms with Gasteiger partial charge in [0, 0.05) is 24.8 Å². The van der Waals surface area contributed by atoms with Crippen LogP contribution in [0.3, 0.4) is 0 Å². The van der Waals surface area contributed by atoms with Crippen molar-refractivity contribution in [2.24, 2.45) is 5.92 Å². The third-order valence-corrected chi connectivity index (χ3v) is 3.84. The van der Waals surface area contributed by atoms with Crippen molar-refractivity contribution in [2.75, 3.05) is 16.8 Å². The predicted molar refractivity (Wildman–Crippen MR) is 84.7 cm³/mol. The lowest BCUT2D eigenvalue weighted by Gasteiger charge is -2.16. The number of nitrogens with zero attached hydrogens (tertiary/aromatic N) is 2. The summed E-state index contributed by atoms with van der Waals surface area (Å²) in [6, 6.07) is 8.83. The quantitative estimate of drug-likeness (QED) is 0.939. The van der Waals surface area contributed by atoms with E-state index in [0.717, 1.165) is 0 Å². The van der Waals surface area contributed by atoms with Crippen molar-refractivity contribution in [3.8, 4) is 0 Å². The molecule has 3 rings (SSSR count). The number of rotatable bonds is 3. The summed E-state index contributed by atoms with van der Waals surface area (Å²) in [5, 5.41) is 3.14. The van der Waals surface area contributed by atoms with Crippen LogP contribution >= 0.6 is 11.6 Å². The van der Waals surface area contributed by atoms with Crippen LogP contribution in [0.2, 0.25) is 5.02 Å². The predicted octanol–water partition coefficient (Wildman–Crippen LogP) is 2.87. The summed E-state index contributed by atoms with van der Waals surface area (Å²) in [4.78, 5) is 29.8. The van der Waals surface area contributed by atoms with Gasteiger partial charge in [0.15, 0.2) is 0 Å². The Hall–Kier alpha value is -2.47. The molecular weight excluding hydrogens is 321 g/mol. The van der Waals surface area contributed by atoms with E-state index in [1.54, 1.807) is 12.1 Å². The van der Waals surface area contributed by atoms with Crippen molar-refractivity contribution < 1.29 is 14.0 Å². The number of hydrogen-bond acceptors (Lipinski definition) is 3. The largest absolute Gasteiger partial charge is 0.312 e. The highest BCUT2D eigenvalue weighted by Gasteiger charge is 2.35. The van der Waals surface area contributed by atoms with Gasteiger partial charge in [-0.1, -0.05) is 11.6 Å². The van der Waals surface area contributed by atoms with E-state index in [9.17, 15) is 14.0 Å². The van der Waals surface area contributed by atoms with Gasteiger partial charge in [0.05, 0.1) is 10.9 Å². The zero-order valence-electron chi connectivity index (χ0n) is 12.0. The molecule has 0 bridgehead atoms. The first kappa shape index (κ1) is 15.4. The molecule has 1 atom stereocenters. The van der Waals surface area contributed by atoms with E-state index in [4.69, 9.17) is 11.6 Å². The molecule has 1 aromatic carbocycles. The second-order valence-corrected chi connectivity index (χ2v) is 5.67. The summed E-state index contributed by atoms with van der Waals surface area (Å²) in [6.07, 6.45) is 1.54. The maximum absolute atomic E-state index is 13.0. The normalized spacial score (nSPS) is 17.4. The molecule has 7 heteroatoms. The van der Waals surface area contributed by atoms with Gasteiger partial charge in [0.25, 0.3) is 0 Å². The molecule has 0 aliphatic carbocycles. The van der Waals surface area contributed by atoms with Crippen LogP contribution < -0.4 is 10.2 Å². The van der Waals surface area contributed by atoms with Crippen LogP contribution in [0.5, 0.6) is 0 Å². The number of hydrogen-bond donors (Lipinski definition) is 1. The molecule has 1 aliphatic heterocycles. The molecule has 1 N–H and O–H groups in total. The number of benzene rings is 1. The van der Waals surface area contributed by atoms with Crippen LogP contribution in [-0.2, 0) is 9.59 Å². The van der Waals surface area contributed by atoms with Crippen LogP contribution in [0.4, 0.5) is 15.9 Å². The Kier molecular flexibility index (Phi) is 4.25. The van der Waals surface area contributed by atoms with Crippen molar-refractivity contribution in [2.45, 2.75) is 6.42 Å². The zero-order valence-corrected chi connectivity index (χ0v) is 12.8. The van der Waals surface area contributed by atoms with Gasteiger partial charge in [-0.05, 0) is 36.4 Å². The molecular formula is C16H13ClFN3O2. The summed E-state index contributed by atoms with van der Waals surface area (Å²) < 4.78 is 13.0. The Morgan fingerprint density at radius 3 is 2.65 bits per heavy atom. The summed E-state index contributed by atoms with van der Waals surface area (Å²) >= 11 is 5.74. The van der Waals surface area contributed by atoms with Crippen molar-refractivity contribution >= 4 is 34.9 Å². The summed E-state index contributed by atoms with van der Waals surface area (Å²) in [7, 11) is 0. The number of pyridine rings is 1. The zero-order chi connectivity index (χ0) is 16.4. The lowest BCUT2D eigenvalue weighted by molar-refractivity contribution is -0.122. The molecule has 1 saturated heterocycles. The SMILES string of the molecule is O=C(Nc1ccc(Cl)cn1)[C@@H]1CC(=O)N(c2ccc(F)cc2)C1. The van der Waals surface area contributed by atoms with Gasteiger partial charge >= 0.3 is 0 Å². The van der Waals surface area contributed by atoms with Gasteiger partial charge in [-0.15, -0.1) is 0 Å². The fraction of sp³-hybridized carbons (Fsp3) is 0.188. The fourth-order valence-electron chi connectivity index (χ4n) is 2.43. The molecule has 5 nitrogen and oxygen atoms in total. The number of carbonyl (C=O) groups is 2. The molecule has 1 aliphatic rings. The first-order chi connectivity index (χ1) is 11.0. The van der Waals surface area contributed by atoms with E-state index >= 15 is 0 Å². The molecule has 2 aromatic rings. The van der Waals surface area contributed by atoms with Crippen molar-refractivity contribution in [1.29, 1.82) is 0 Å². The van der Waals surface area contributed by atoms with E-state index in [1.165, 1.54) is 35.4 Å². The molecule has 0 spiro atoms. The Bertz CT molecular complexity index is 734. The maximum Gasteiger partial charge on any atom is 0.230 e. The van der Waals surface area contributed by atoms with Crippen LogP contribution in [0.1, 0.15) is 6.42 Å². The second-order valence-electron chi connectivity index (χ2n) is 5.23. The van der Waals surface area contributed by atoms with E-state index in [0.29, 0.717) is 16.5 Å². The van der Waals surface area contributed by atoms with Crippen molar-refractivity contribution in [1.82, 2.24) is 4.98 Å². The minimum atomic E-state index is -0.481. The molecule has 2 heterocycles. The monoisotopic (exact) mass is 333 g/mol.